The zero-order chi connectivity index (χ0) is 18.4. The maximum Gasteiger partial charge on any atom is 0.241 e. The van der Waals surface area contributed by atoms with Crippen LogP contribution in [-0.4, -0.2) is 61.4 Å². The van der Waals surface area contributed by atoms with E-state index in [0.29, 0.717) is 18.1 Å². The number of carbonyl (C=O) groups excluding carboxylic acids is 2. The van der Waals surface area contributed by atoms with E-state index in [1.54, 1.807) is 34.4 Å². The highest BCUT2D eigenvalue weighted by Gasteiger charge is 2.15. The average molecular weight is 345 g/mol. The molecule has 25 heavy (non-hydrogen) atoms. The highest BCUT2D eigenvalue weighted by molar-refractivity contribution is 5.84. The Morgan fingerprint density at radius 1 is 1.12 bits per heavy atom. The fraction of sp³-hybridized carbons (Fsp3) is 0.389. The monoisotopic (exact) mass is 345 g/mol. The summed E-state index contributed by atoms with van der Waals surface area (Å²) in [5.74, 6) is 1.66. The van der Waals surface area contributed by atoms with E-state index >= 15 is 0 Å². The van der Waals surface area contributed by atoms with Crippen LogP contribution in [0.4, 0.5) is 0 Å². The van der Waals surface area contributed by atoms with Gasteiger partial charge in [0.2, 0.25) is 11.8 Å². The molecule has 1 aromatic carbocycles. The van der Waals surface area contributed by atoms with Crippen molar-refractivity contribution >= 4 is 11.8 Å². The van der Waals surface area contributed by atoms with Crippen LogP contribution in [0.5, 0.6) is 5.75 Å². The smallest absolute Gasteiger partial charge is 0.241 e. The van der Waals surface area contributed by atoms with Gasteiger partial charge in [0.1, 0.15) is 5.75 Å². The second kappa shape index (κ2) is 8.32. The summed E-state index contributed by atoms with van der Waals surface area (Å²) < 4.78 is 10.8. The predicted octanol–water partition coefficient (Wildman–Crippen LogP) is 1.83. The van der Waals surface area contributed by atoms with Crippen molar-refractivity contribution in [3.05, 3.63) is 36.4 Å². The molecule has 0 aliphatic carbocycles. The molecule has 0 fully saturated rings. The largest absolute Gasteiger partial charge is 0.497 e. The molecule has 0 aliphatic heterocycles. The Morgan fingerprint density at radius 3 is 2.40 bits per heavy atom. The SMILES string of the molecule is COc1ccc(-c2cnc(CCC(=O)N(C)CC(=O)N(C)C)o2)cc1. The third-order valence-electron chi connectivity index (χ3n) is 3.78. The summed E-state index contributed by atoms with van der Waals surface area (Å²) in [5.41, 5.74) is 0.888. The third kappa shape index (κ3) is 5.07. The van der Waals surface area contributed by atoms with Gasteiger partial charge in [0.25, 0.3) is 0 Å². The lowest BCUT2D eigenvalue weighted by Crippen LogP contribution is -2.37. The number of amides is 2. The second-order valence-corrected chi connectivity index (χ2v) is 5.88. The molecule has 2 rings (SSSR count). The van der Waals surface area contributed by atoms with Gasteiger partial charge in [0.05, 0.1) is 19.9 Å². The van der Waals surface area contributed by atoms with Gasteiger partial charge in [-0.15, -0.1) is 0 Å². The van der Waals surface area contributed by atoms with E-state index in [0.717, 1.165) is 11.3 Å². The van der Waals surface area contributed by atoms with Crippen molar-refractivity contribution < 1.29 is 18.7 Å². The van der Waals surface area contributed by atoms with Crippen molar-refractivity contribution in [1.29, 1.82) is 0 Å². The van der Waals surface area contributed by atoms with Crippen LogP contribution in [0.25, 0.3) is 11.3 Å². The fourth-order valence-corrected chi connectivity index (χ4v) is 2.15. The molecule has 0 atom stereocenters. The highest BCUT2D eigenvalue weighted by Crippen LogP contribution is 2.23. The molecule has 2 amide bonds. The van der Waals surface area contributed by atoms with Crippen LogP contribution in [0.3, 0.4) is 0 Å². The lowest BCUT2D eigenvalue weighted by atomic mass is 10.2. The van der Waals surface area contributed by atoms with Crippen molar-refractivity contribution in [2.24, 2.45) is 0 Å². The molecule has 1 aromatic heterocycles. The molecule has 2 aromatic rings. The number of likely N-dealkylation sites (N-methyl/N-ethyl adjacent to an activating group) is 2. The van der Waals surface area contributed by atoms with E-state index in [4.69, 9.17) is 9.15 Å². The first kappa shape index (κ1) is 18.5. The summed E-state index contributed by atoms with van der Waals surface area (Å²) in [6.45, 7) is 0.0640. The lowest BCUT2D eigenvalue weighted by molar-refractivity contribution is -0.138. The Kier molecular flexibility index (Phi) is 6.16. The number of ether oxygens (including phenoxy) is 1. The minimum atomic E-state index is -0.126. The zero-order valence-electron chi connectivity index (χ0n) is 15.0. The molecular weight excluding hydrogens is 322 g/mol. The van der Waals surface area contributed by atoms with Gasteiger partial charge in [-0.25, -0.2) is 4.98 Å². The number of nitrogens with zero attached hydrogens (tertiary/aromatic N) is 3. The molecule has 0 unspecified atom stereocenters. The Balaban J connectivity index is 1.90. The number of rotatable bonds is 7. The standard InChI is InChI=1S/C18H23N3O4/c1-20(2)18(23)12-21(3)17(22)10-9-16-19-11-15(25-16)13-5-7-14(24-4)8-6-13/h5-8,11H,9-10,12H2,1-4H3. The minimum absolute atomic E-state index is 0.0640. The number of methoxy groups -OCH3 is 1. The Labute approximate surface area is 147 Å². The van der Waals surface area contributed by atoms with E-state index in [1.165, 1.54) is 9.80 Å². The second-order valence-electron chi connectivity index (χ2n) is 5.88. The first-order valence-electron chi connectivity index (χ1n) is 7.94. The van der Waals surface area contributed by atoms with Gasteiger partial charge in [-0.2, -0.15) is 0 Å². The van der Waals surface area contributed by atoms with E-state index in [1.807, 2.05) is 24.3 Å². The average Bonchev–Trinajstić information content (AvgIpc) is 3.08. The summed E-state index contributed by atoms with van der Waals surface area (Å²) in [4.78, 5) is 30.8. The molecule has 0 saturated carbocycles. The summed E-state index contributed by atoms with van der Waals surface area (Å²) >= 11 is 0. The van der Waals surface area contributed by atoms with Gasteiger partial charge in [-0.3, -0.25) is 9.59 Å². The normalized spacial score (nSPS) is 10.4. The molecule has 7 nitrogen and oxygen atoms in total. The molecule has 0 spiro atoms. The first-order valence-corrected chi connectivity index (χ1v) is 7.94. The molecule has 0 aliphatic rings. The predicted molar refractivity (Wildman–Crippen MR) is 93.1 cm³/mol. The van der Waals surface area contributed by atoms with Gasteiger partial charge in [-0.1, -0.05) is 0 Å². The van der Waals surface area contributed by atoms with Crippen molar-refractivity contribution in [3.63, 3.8) is 0 Å². The van der Waals surface area contributed by atoms with Crippen molar-refractivity contribution in [2.75, 3.05) is 34.8 Å². The van der Waals surface area contributed by atoms with Crippen LogP contribution in [0.15, 0.2) is 34.9 Å². The molecule has 7 heteroatoms. The fourth-order valence-electron chi connectivity index (χ4n) is 2.15. The van der Waals surface area contributed by atoms with Crippen LogP contribution in [0, 0.1) is 0 Å². The number of carbonyl (C=O) groups is 2. The zero-order valence-corrected chi connectivity index (χ0v) is 15.0. The van der Waals surface area contributed by atoms with E-state index in [2.05, 4.69) is 4.98 Å². The summed E-state index contributed by atoms with van der Waals surface area (Å²) in [6.07, 6.45) is 2.26. The number of aryl methyl sites for hydroxylation is 1. The van der Waals surface area contributed by atoms with E-state index in [-0.39, 0.29) is 24.8 Å². The van der Waals surface area contributed by atoms with Gasteiger partial charge >= 0.3 is 0 Å². The van der Waals surface area contributed by atoms with Crippen LogP contribution in [0.2, 0.25) is 0 Å². The highest BCUT2D eigenvalue weighted by atomic mass is 16.5. The molecule has 1 heterocycles. The number of benzene rings is 1. The van der Waals surface area contributed by atoms with Crippen LogP contribution >= 0.6 is 0 Å². The summed E-state index contributed by atoms with van der Waals surface area (Å²) in [7, 11) is 6.55. The van der Waals surface area contributed by atoms with Gasteiger partial charge in [0.15, 0.2) is 11.7 Å². The van der Waals surface area contributed by atoms with Crippen molar-refractivity contribution in [2.45, 2.75) is 12.8 Å². The number of hydrogen-bond acceptors (Lipinski definition) is 5. The Bertz CT molecular complexity index is 722. The number of aromatic nitrogens is 1. The van der Waals surface area contributed by atoms with Crippen molar-refractivity contribution in [3.8, 4) is 17.1 Å². The van der Waals surface area contributed by atoms with Crippen LogP contribution in [-0.2, 0) is 16.0 Å². The van der Waals surface area contributed by atoms with Gasteiger partial charge in [-0.05, 0) is 24.3 Å². The first-order chi connectivity index (χ1) is 11.9. The number of hydrogen-bond donors (Lipinski definition) is 0. The van der Waals surface area contributed by atoms with E-state index in [9.17, 15) is 9.59 Å². The van der Waals surface area contributed by atoms with Gasteiger partial charge < -0.3 is 19.0 Å². The van der Waals surface area contributed by atoms with Crippen LogP contribution in [0.1, 0.15) is 12.3 Å². The number of oxazole rings is 1. The maximum absolute atomic E-state index is 12.1. The summed E-state index contributed by atoms with van der Waals surface area (Å²) in [6, 6.07) is 7.46. The lowest BCUT2D eigenvalue weighted by Gasteiger charge is -2.18. The topological polar surface area (TPSA) is 75.9 Å². The summed E-state index contributed by atoms with van der Waals surface area (Å²) in [5, 5.41) is 0. The molecule has 0 bridgehead atoms. The molecule has 0 radical (unpaired) electrons. The van der Waals surface area contributed by atoms with E-state index < -0.39 is 0 Å². The third-order valence-corrected chi connectivity index (χ3v) is 3.78. The minimum Gasteiger partial charge on any atom is -0.497 e. The quantitative estimate of drug-likeness (QED) is 0.765. The molecule has 134 valence electrons. The van der Waals surface area contributed by atoms with Gasteiger partial charge in [0, 0.05) is 39.5 Å². The van der Waals surface area contributed by atoms with Crippen molar-refractivity contribution in [1.82, 2.24) is 14.8 Å². The maximum atomic E-state index is 12.1. The van der Waals surface area contributed by atoms with Crippen LogP contribution < -0.4 is 4.74 Å². The molecule has 0 N–H and O–H groups in total. The molecular formula is C18H23N3O4. The Hall–Kier alpha value is -2.83. The Morgan fingerprint density at radius 2 is 1.80 bits per heavy atom. The molecule has 0 saturated heterocycles.